The van der Waals surface area contributed by atoms with Gasteiger partial charge in [-0.1, -0.05) is 32.9 Å². The number of rotatable bonds is 5. The molecule has 1 saturated carbocycles. The lowest BCUT2D eigenvalue weighted by Crippen LogP contribution is -2.34. The lowest BCUT2D eigenvalue weighted by molar-refractivity contribution is 0.287. The number of hydrogen-bond acceptors (Lipinski definition) is 3. The van der Waals surface area contributed by atoms with Crippen LogP contribution in [0.3, 0.4) is 0 Å². The first kappa shape index (κ1) is 13.9. The van der Waals surface area contributed by atoms with Gasteiger partial charge in [-0.05, 0) is 36.0 Å². The van der Waals surface area contributed by atoms with Crippen LogP contribution in [0, 0.1) is 11.3 Å². The fourth-order valence-corrected chi connectivity index (χ4v) is 1.89. The summed E-state index contributed by atoms with van der Waals surface area (Å²) in [6, 6.07) is 10.7. The molecule has 0 amide bonds. The SMILES string of the molecule is CC(C)(C)c1cccc(OCC(C#N)NC2CC2)c1. The van der Waals surface area contributed by atoms with E-state index < -0.39 is 0 Å². The van der Waals surface area contributed by atoms with Crippen molar-refractivity contribution in [2.75, 3.05) is 6.61 Å². The van der Waals surface area contributed by atoms with E-state index in [4.69, 9.17) is 10.00 Å². The maximum Gasteiger partial charge on any atom is 0.130 e. The van der Waals surface area contributed by atoms with Crippen LogP contribution in [-0.4, -0.2) is 18.7 Å². The van der Waals surface area contributed by atoms with Crippen LogP contribution in [0.1, 0.15) is 39.2 Å². The predicted molar refractivity (Wildman–Crippen MR) is 76.2 cm³/mol. The molecule has 19 heavy (non-hydrogen) atoms. The van der Waals surface area contributed by atoms with E-state index in [0.29, 0.717) is 12.6 Å². The van der Waals surface area contributed by atoms with Crippen LogP contribution in [0.15, 0.2) is 24.3 Å². The summed E-state index contributed by atoms with van der Waals surface area (Å²) >= 11 is 0. The number of nitrogens with zero attached hydrogens (tertiary/aromatic N) is 1. The molecule has 0 saturated heterocycles. The first-order valence-electron chi connectivity index (χ1n) is 6.88. The zero-order valence-electron chi connectivity index (χ0n) is 11.9. The Morgan fingerprint density at radius 2 is 2.16 bits per heavy atom. The van der Waals surface area contributed by atoms with Crippen LogP contribution in [-0.2, 0) is 5.41 Å². The molecule has 1 aromatic carbocycles. The van der Waals surface area contributed by atoms with E-state index in [-0.39, 0.29) is 11.5 Å². The summed E-state index contributed by atoms with van der Waals surface area (Å²) in [5, 5.41) is 12.3. The fourth-order valence-electron chi connectivity index (χ4n) is 1.89. The molecule has 1 N–H and O–H groups in total. The van der Waals surface area contributed by atoms with Gasteiger partial charge in [0.2, 0.25) is 0 Å². The van der Waals surface area contributed by atoms with Crippen LogP contribution < -0.4 is 10.1 Å². The predicted octanol–water partition coefficient (Wildman–Crippen LogP) is 3.01. The molecule has 1 aliphatic rings. The van der Waals surface area contributed by atoms with Crippen molar-refractivity contribution < 1.29 is 4.74 Å². The van der Waals surface area contributed by atoms with E-state index >= 15 is 0 Å². The molecule has 102 valence electrons. The van der Waals surface area contributed by atoms with Crippen molar-refractivity contribution in [3.63, 3.8) is 0 Å². The van der Waals surface area contributed by atoms with Crippen LogP contribution in [0.4, 0.5) is 0 Å². The minimum absolute atomic E-state index is 0.111. The summed E-state index contributed by atoms with van der Waals surface area (Å²) in [7, 11) is 0. The molecule has 3 heteroatoms. The smallest absolute Gasteiger partial charge is 0.130 e. The third kappa shape index (κ3) is 4.25. The summed E-state index contributed by atoms with van der Waals surface area (Å²) in [5.74, 6) is 0.838. The Hall–Kier alpha value is -1.53. The van der Waals surface area contributed by atoms with E-state index in [0.717, 1.165) is 5.75 Å². The Bertz CT molecular complexity index is 466. The van der Waals surface area contributed by atoms with E-state index in [1.807, 2.05) is 12.1 Å². The molecule has 3 nitrogen and oxygen atoms in total. The van der Waals surface area contributed by atoms with Gasteiger partial charge < -0.3 is 4.74 Å². The second-order valence-electron chi connectivity index (χ2n) is 6.21. The maximum absolute atomic E-state index is 9.07. The number of nitriles is 1. The van der Waals surface area contributed by atoms with Crippen LogP contribution in [0.25, 0.3) is 0 Å². The van der Waals surface area contributed by atoms with Gasteiger partial charge in [-0.15, -0.1) is 0 Å². The monoisotopic (exact) mass is 258 g/mol. The highest BCUT2D eigenvalue weighted by atomic mass is 16.5. The molecule has 2 rings (SSSR count). The lowest BCUT2D eigenvalue weighted by atomic mass is 9.87. The summed E-state index contributed by atoms with van der Waals surface area (Å²) in [4.78, 5) is 0. The Balaban J connectivity index is 1.93. The van der Waals surface area contributed by atoms with Gasteiger partial charge in [-0.25, -0.2) is 0 Å². The van der Waals surface area contributed by atoms with E-state index in [1.54, 1.807) is 0 Å². The third-order valence-electron chi connectivity index (χ3n) is 3.29. The van der Waals surface area contributed by atoms with E-state index in [1.165, 1.54) is 18.4 Å². The Kier molecular flexibility index (Phi) is 4.11. The quantitative estimate of drug-likeness (QED) is 0.883. The molecular formula is C16H22N2O. The average molecular weight is 258 g/mol. The van der Waals surface area contributed by atoms with Gasteiger partial charge in [0.15, 0.2) is 0 Å². The van der Waals surface area contributed by atoms with Gasteiger partial charge in [0.1, 0.15) is 18.4 Å². The molecule has 1 fully saturated rings. The molecule has 0 spiro atoms. The van der Waals surface area contributed by atoms with Crippen molar-refractivity contribution >= 4 is 0 Å². The molecule has 0 bridgehead atoms. The Labute approximate surface area is 115 Å². The highest BCUT2D eigenvalue weighted by Gasteiger charge is 2.24. The standard InChI is InChI=1S/C16H22N2O/c1-16(2,3)12-5-4-6-15(9-12)19-11-14(10-17)18-13-7-8-13/h4-6,9,13-14,18H,7-8,11H2,1-3H3. The topological polar surface area (TPSA) is 45.0 Å². The van der Waals surface area contributed by atoms with Gasteiger partial charge in [0.25, 0.3) is 0 Å². The van der Waals surface area contributed by atoms with Crippen molar-refractivity contribution in [3.05, 3.63) is 29.8 Å². The minimum atomic E-state index is -0.217. The summed E-state index contributed by atoms with van der Waals surface area (Å²) in [5.41, 5.74) is 1.36. The van der Waals surface area contributed by atoms with E-state index in [9.17, 15) is 0 Å². The highest BCUT2D eigenvalue weighted by molar-refractivity contribution is 5.32. The number of hydrogen-bond donors (Lipinski definition) is 1. The Morgan fingerprint density at radius 3 is 2.74 bits per heavy atom. The number of ether oxygens (including phenoxy) is 1. The van der Waals surface area contributed by atoms with Crippen molar-refractivity contribution in [2.45, 2.75) is 51.1 Å². The zero-order valence-corrected chi connectivity index (χ0v) is 11.9. The Morgan fingerprint density at radius 1 is 1.42 bits per heavy atom. The van der Waals surface area contributed by atoms with Gasteiger partial charge in [0, 0.05) is 6.04 Å². The largest absolute Gasteiger partial charge is 0.491 e. The fraction of sp³-hybridized carbons (Fsp3) is 0.562. The molecule has 0 aliphatic heterocycles. The van der Waals surface area contributed by atoms with Crippen molar-refractivity contribution in [1.82, 2.24) is 5.32 Å². The molecule has 0 heterocycles. The number of benzene rings is 1. The zero-order chi connectivity index (χ0) is 13.9. The van der Waals surface area contributed by atoms with Gasteiger partial charge in [-0.2, -0.15) is 5.26 Å². The molecule has 1 atom stereocenters. The summed E-state index contributed by atoms with van der Waals surface area (Å²) in [6.45, 7) is 6.94. The van der Waals surface area contributed by atoms with Crippen LogP contribution in [0.2, 0.25) is 0 Å². The molecule has 0 radical (unpaired) electrons. The minimum Gasteiger partial charge on any atom is -0.491 e. The van der Waals surface area contributed by atoms with Crippen molar-refractivity contribution in [3.8, 4) is 11.8 Å². The summed E-state index contributed by atoms with van der Waals surface area (Å²) < 4.78 is 5.74. The van der Waals surface area contributed by atoms with Crippen molar-refractivity contribution in [1.29, 1.82) is 5.26 Å². The van der Waals surface area contributed by atoms with Gasteiger partial charge in [-0.3, -0.25) is 5.32 Å². The lowest BCUT2D eigenvalue weighted by Gasteiger charge is -2.20. The molecular weight excluding hydrogens is 236 g/mol. The molecule has 1 aromatic rings. The van der Waals surface area contributed by atoms with Crippen LogP contribution in [0.5, 0.6) is 5.75 Å². The van der Waals surface area contributed by atoms with Gasteiger partial charge >= 0.3 is 0 Å². The first-order valence-corrected chi connectivity index (χ1v) is 6.88. The normalized spacial score (nSPS) is 16.7. The van der Waals surface area contributed by atoms with E-state index in [2.05, 4.69) is 44.3 Å². The van der Waals surface area contributed by atoms with Crippen molar-refractivity contribution in [2.24, 2.45) is 0 Å². The molecule has 0 aromatic heterocycles. The molecule has 1 aliphatic carbocycles. The maximum atomic E-state index is 9.07. The number of nitrogens with one attached hydrogen (secondary N) is 1. The average Bonchev–Trinajstić information content (AvgIpc) is 3.17. The molecule has 1 unspecified atom stereocenters. The van der Waals surface area contributed by atoms with Gasteiger partial charge in [0.05, 0.1) is 6.07 Å². The highest BCUT2D eigenvalue weighted by Crippen LogP contribution is 2.25. The second-order valence-corrected chi connectivity index (χ2v) is 6.21. The summed E-state index contributed by atoms with van der Waals surface area (Å²) in [6.07, 6.45) is 2.36. The second kappa shape index (κ2) is 5.63. The third-order valence-corrected chi connectivity index (χ3v) is 3.29. The van der Waals surface area contributed by atoms with Crippen LogP contribution >= 0.6 is 0 Å². The first-order chi connectivity index (χ1) is 8.99.